The van der Waals surface area contributed by atoms with Crippen molar-refractivity contribution in [2.45, 2.75) is 20.5 Å². The topological polar surface area (TPSA) is 85.7 Å². The maximum absolute atomic E-state index is 9.34. The fourth-order valence-electron chi connectivity index (χ4n) is 1.82. The van der Waals surface area contributed by atoms with E-state index in [9.17, 15) is 5.11 Å². The van der Waals surface area contributed by atoms with Gasteiger partial charge in [-0.05, 0) is 37.6 Å². The van der Waals surface area contributed by atoms with Gasteiger partial charge in [0.05, 0.1) is 31.3 Å². The van der Waals surface area contributed by atoms with Crippen molar-refractivity contribution in [3.8, 4) is 5.75 Å². The standard InChI is InChI=1S/C14H18N4O2/c1-3-20-13-5-4-11(6-12(13)9-19)7-16-18-8-10(2)17-14(18)15/h4-8,19H,3,9H2,1-2H3,(H2,15,17). The highest BCUT2D eigenvalue weighted by Gasteiger charge is 2.03. The van der Waals surface area contributed by atoms with Crippen LogP contribution in [0.4, 0.5) is 5.95 Å². The van der Waals surface area contributed by atoms with Gasteiger partial charge in [-0.2, -0.15) is 5.10 Å². The summed E-state index contributed by atoms with van der Waals surface area (Å²) < 4.78 is 6.93. The number of hydrogen-bond donors (Lipinski definition) is 2. The number of nitrogens with two attached hydrogens (primary N) is 1. The number of imidazole rings is 1. The minimum absolute atomic E-state index is 0.0800. The van der Waals surface area contributed by atoms with Crippen molar-refractivity contribution in [1.29, 1.82) is 0 Å². The Morgan fingerprint density at radius 3 is 2.90 bits per heavy atom. The van der Waals surface area contributed by atoms with E-state index in [4.69, 9.17) is 10.5 Å². The molecule has 6 nitrogen and oxygen atoms in total. The third-order valence-corrected chi connectivity index (χ3v) is 2.72. The van der Waals surface area contributed by atoms with E-state index < -0.39 is 0 Å². The zero-order valence-electron chi connectivity index (χ0n) is 11.6. The van der Waals surface area contributed by atoms with Gasteiger partial charge in [0.2, 0.25) is 5.95 Å². The molecule has 0 radical (unpaired) electrons. The predicted molar refractivity (Wildman–Crippen MR) is 77.9 cm³/mol. The number of aromatic nitrogens is 2. The molecule has 106 valence electrons. The second-order valence-corrected chi connectivity index (χ2v) is 4.29. The average Bonchev–Trinajstić information content (AvgIpc) is 2.76. The van der Waals surface area contributed by atoms with Crippen LogP contribution in [0.3, 0.4) is 0 Å². The Labute approximate surface area is 117 Å². The zero-order valence-corrected chi connectivity index (χ0v) is 11.6. The van der Waals surface area contributed by atoms with Crippen molar-refractivity contribution in [3.63, 3.8) is 0 Å². The molecule has 0 saturated heterocycles. The third kappa shape index (κ3) is 3.16. The molecule has 3 N–H and O–H groups in total. The minimum atomic E-state index is -0.0800. The number of aryl methyl sites for hydroxylation is 1. The van der Waals surface area contributed by atoms with Crippen molar-refractivity contribution >= 4 is 12.2 Å². The molecule has 1 aromatic heterocycles. The van der Waals surface area contributed by atoms with Crippen molar-refractivity contribution in [2.24, 2.45) is 5.10 Å². The molecule has 6 heteroatoms. The number of nitrogen functional groups attached to an aromatic ring is 1. The molecule has 0 bridgehead atoms. The van der Waals surface area contributed by atoms with Crippen molar-refractivity contribution in [2.75, 3.05) is 12.3 Å². The summed E-state index contributed by atoms with van der Waals surface area (Å²) in [6, 6.07) is 5.51. The van der Waals surface area contributed by atoms with Crippen LogP contribution in [0, 0.1) is 6.92 Å². The largest absolute Gasteiger partial charge is 0.494 e. The third-order valence-electron chi connectivity index (χ3n) is 2.72. The van der Waals surface area contributed by atoms with Crippen LogP contribution >= 0.6 is 0 Å². The molecule has 0 spiro atoms. The van der Waals surface area contributed by atoms with Gasteiger partial charge >= 0.3 is 0 Å². The van der Waals surface area contributed by atoms with E-state index in [2.05, 4.69) is 10.1 Å². The van der Waals surface area contributed by atoms with Crippen LogP contribution in [0.5, 0.6) is 5.75 Å². The Balaban J connectivity index is 2.23. The van der Waals surface area contributed by atoms with E-state index in [1.54, 1.807) is 12.4 Å². The number of hydrogen-bond acceptors (Lipinski definition) is 5. The lowest BCUT2D eigenvalue weighted by Gasteiger charge is -2.08. The van der Waals surface area contributed by atoms with E-state index in [0.29, 0.717) is 18.3 Å². The summed E-state index contributed by atoms with van der Waals surface area (Å²) in [6.07, 6.45) is 3.40. The minimum Gasteiger partial charge on any atom is -0.494 e. The molecule has 0 aliphatic carbocycles. The number of anilines is 1. The van der Waals surface area contributed by atoms with Crippen molar-refractivity contribution < 1.29 is 9.84 Å². The van der Waals surface area contributed by atoms with Gasteiger partial charge in [-0.1, -0.05) is 0 Å². The van der Waals surface area contributed by atoms with Gasteiger partial charge in [0, 0.05) is 5.56 Å². The molecule has 0 saturated carbocycles. The summed E-state index contributed by atoms with van der Waals surface area (Å²) in [5, 5.41) is 13.6. The first-order valence-electron chi connectivity index (χ1n) is 6.36. The Kier molecular flexibility index (Phi) is 4.37. The smallest absolute Gasteiger partial charge is 0.221 e. The molecule has 0 fully saturated rings. The summed E-state index contributed by atoms with van der Waals surface area (Å²) in [5.41, 5.74) is 8.09. The summed E-state index contributed by atoms with van der Waals surface area (Å²) in [5.74, 6) is 1.03. The zero-order chi connectivity index (χ0) is 14.5. The molecule has 1 heterocycles. The SMILES string of the molecule is CCOc1ccc(C=Nn2cc(C)nc2N)cc1CO. The van der Waals surface area contributed by atoms with Gasteiger partial charge < -0.3 is 15.6 Å². The van der Waals surface area contributed by atoms with Gasteiger partial charge in [0.25, 0.3) is 0 Å². The Bertz CT molecular complexity index is 620. The van der Waals surface area contributed by atoms with E-state index in [0.717, 1.165) is 16.8 Å². The molecule has 0 aliphatic heterocycles. The highest BCUT2D eigenvalue weighted by Crippen LogP contribution is 2.19. The first kappa shape index (κ1) is 14.1. The lowest BCUT2D eigenvalue weighted by molar-refractivity contribution is 0.267. The molecule has 0 amide bonds. The first-order chi connectivity index (χ1) is 9.63. The average molecular weight is 274 g/mol. The second-order valence-electron chi connectivity index (χ2n) is 4.29. The Morgan fingerprint density at radius 1 is 1.50 bits per heavy atom. The fourth-order valence-corrected chi connectivity index (χ4v) is 1.82. The summed E-state index contributed by atoms with van der Waals surface area (Å²) in [7, 11) is 0. The van der Waals surface area contributed by atoms with Crippen LogP contribution in [-0.4, -0.2) is 27.6 Å². The summed E-state index contributed by atoms with van der Waals surface area (Å²) in [6.45, 7) is 4.23. The summed E-state index contributed by atoms with van der Waals surface area (Å²) in [4.78, 5) is 4.06. The molecule has 2 aromatic rings. The van der Waals surface area contributed by atoms with Crippen LogP contribution in [-0.2, 0) is 6.61 Å². The van der Waals surface area contributed by atoms with Crippen molar-refractivity contribution in [3.05, 3.63) is 41.2 Å². The number of nitrogens with zero attached hydrogens (tertiary/aromatic N) is 3. The van der Waals surface area contributed by atoms with Crippen LogP contribution in [0.2, 0.25) is 0 Å². The molecule has 0 unspecified atom stereocenters. The van der Waals surface area contributed by atoms with Crippen LogP contribution < -0.4 is 10.5 Å². The Hall–Kier alpha value is -2.34. The molecule has 1 aromatic carbocycles. The number of rotatable bonds is 5. The lowest BCUT2D eigenvalue weighted by Crippen LogP contribution is -1.99. The molecule has 2 rings (SSSR count). The molecular weight excluding hydrogens is 256 g/mol. The highest BCUT2D eigenvalue weighted by molar-refractivity contribution is 5.80. The lowest BCUT2D eigenvalue weighted by atomic mass is 10.1. The highest BCUT2D eigenvalue weighted by atomic mass is 16.5. The van der Waals surface area contributed by atoms with E-state index in [-0.39, 0.29) is 6.61 Å². The van der Waals surface area contributed by atoms with Gasteiger partial charge in [0.15, 0.2) is 0 Å². The summed E-state index contributed by atoms with van der Waals surface area (Å²) >= 11 is 0. The number of benzene rings is 1. The molecule has 0 atom stereocenters. The monoisotopic (exact) mass is 274 g/mol. The molecule has 20 heavy (non-hydrogen) atoms. The number of aliphatic hydroxyl groups excluding tert-OH is 1. The van der Waals surface area contributed by atoms with Crippen LogP contribution in [0.25, 0.3) is 0 Å². The van der Waals surface area contributed by atoms with Crippen LogP contribution in [0.1, 0.15) is 23.7 Å². The second kappa shape index (κ2) is 6.21. The molecule has 0 aliphatic rings. The van der Waals surface area contributed by atoms with E-state index >= 15 is 0 Å². The maximum Gasteiger partial charge on any atom is 0.221 e. The van der Waals surface area contributed by atoms with Gasteiger partial charge in [-0.25, -0.2) is 9.66 Å². The predicted octanol–water partition coefficient (Wildman–Crippen LogP) is 1.55. The maximum atomic E-state index is 9.34. The van der Waals surface area contributed by atoms with Gasteiger partial charge in [-0.3, -0.25) is 0 Å². The van der Waals surface area contributed by atoms with Gasteiger partial charge in [0.1, 0.15) is 5.75 Å². The first-order valence-corrected chi connectivity index (χ1v) is 6.36. The number of aliphatic hydroxyl groups is 1. The Morgan fingerprint density at radius 2 is 2.30 bits per heavy atom. The normalized spacial score (nSPS) is 11.2. The van der Waals surface area contributed by atoms with Crippen LogP contribution in [0.15, 0.2) is 29.5 Å². The molecular formula is C14H18N4O2. The fraction of sp³-hybridized carbons (Fsp3) is 0.286. The quantitative estimate of drug-likeness (QED) is 0.810. The van der Waals surface area contributed by atoms with E-state index in [1.807, 2.05) is 32.0 Å². The van der Waals surface area contributed by atoms with Gasteiger partial charge in [-0.15, -0.1) is 0 Å². The van der Waals surface area contributed by atoms with Crippen molar-refractivity contribution in [1.82, 2.24) is 9.66 Å². The number of ether oxygens (including phenoxy) is 1. The van der Waals surface area contributed by atoms with E-state index in [1.165, 1.54) is 4.68 Å².